The lowest BCUT2D eigenvalue weighted by Crippen LogP contribution is -2.40. The number of nitriles is 1. The lowest BCUT2D eigenvalue weighted by atomic mass is 10.1. The van der Waals surface area contributed by atoms with Crippen molar-refractivity contribution in [3.63, 3.8) is 0 Å². The third kappa shape index (κ3) is 4.62. The Morgan fingerprint density at radius 1 is 1.07 bits per heavy atom. The average Bonchev–Trinajstić information content (AvgIpc) is 2.14. The molecule has 2 unspecified atom stereocenters. The lowest BCUT2D eigenvalue weighted by Gasteiger charge is -2.32. The van der Waals surface area contributed by atoms with Gasteiger partial charge >= 0.3 is 0 Å². The fraction of sp³-hybridized carbons (Fsp3) is 0.917. The Bertz CT molecular complexity index is 160. The van der Waals surface area contributed by atoms with E-state index in [9.17, 15) is 0 Å². The van der Waals surface area contributed by atoms with Gasteiger partial charge in [0.15, 0.2) is 0 Å². The first-order valence-electron chi connectivity index (χ1n) is 5.80. The average molecular weight is 196 g/mol. The molecular formula is C12H24N2. The maximum atomic E-state index is 8.78. The molecule has 2 nitrogen and oxygen atoms in total. The molecule has 0 aliphatic carbocycles. The van der Waals surface area contributed by atoms with Crippen molar-refractivity contribution < 1.29 is 0 Å². The van der Waals surface area contributed by atoms with Crippen molar-refractivity contribution in [3.05, 3.63) is 0 Å². The van der Waals surface area contributed by atoms with Crippen molar-refractivity contribution in [3.8, 4) is 6.07 Å². The van der Waals surface area contributed by atoms with Crippen LogP contribution in [0.2, 0.25) is 0 Å². The molecule has 0 aromatic carbocycles. The van der Waals surface area contributed by atoms with Crippen LogP contribution in [0.3, 0.4) is 0 Å². The molecule has 0 spiro atoms. The predicted molar refractivity (Wildman–Crippen MR) is 61.1 cm³/mol. The van der Waals surface area contributed by atoms with Crippen molar-refractivity contribution >= 4 is 0 Å². The van der Waals surface area contributed by atoms with Crippen molar-refractivity contribution in [2.24, 2.45) is 0 Å². The van der Waals surface area contributed by atoms with Crippen LogP contribution < -0.4 is 0 Å². The van der Waals surface area contributed by atoms with Crippen molar-refractivity contribution in [2.75, 3.05) is 6.54 Å². The zero-order chi connectivity index (χ0) is 11.0. The minimum atomic E-state index is 0.543. The summed E-state index contributed by atoms with van der Waals surface area (Å²) in [5.41, 5.74) is 0. The third-order valence-electron chi connectivity index (χ3n) is 2.80. The molecule has 0 aliphatic heterocycles. The van der Waals surface area contributed by atoms with Gasteiger partial charge in [0.05, 0.1) is 12.6 Å². The Labute approximate surface area is 88.9 Å². The molecule has 0 saturated heterocycles. The van der Waals surface area contributed by atoms with Crippen LogP contribution in [-0.4, -0.2) is 23.5 Å². The Morgan fingerprint density at radius 2 is 1.50 bits per heavy atom. The quantitative estimate of drug-likeness (QED) is 0.585. The minimum absolute atomic E-state index is 0.543. The topological polar surface area (TPSA) is 27.0 Å². The molecule has 0 aromatic heterocycles. The minimum Gasteiger partial charge on any atom is -0.285 e. The first kappa shape index (κ1) is 13.4. The lowest BCUT2D eigenvalue weighted by molar-refractivity contribution is 0.158. The van der Waals surface area contributed by atoms with Gasteiger partial charge in [0, 0.05) is 12.1 Å². The van der Waals surface area contributed by atoms with E-state index in [4.69, 9.17) is 5.26 Å². The number of hydrogen-bond donors (Lipinski definition) is 0. The fourth-order valence-corrected chi connectivity index (χ4v) is 1.99. The highest BCUT2D eigenvalue weighted by Gasteiger charge is 2.18. The number of rotatable bonds is 7. The van der Waals surface area contributed by atoms with E-state index in [1.165, 1.54) is 25.7 Å². The Balaban J connectivity index is 4.19. The second-order valence-corrected chi connectivity index (χ2v) is 4.11. The summed E-state index contributed by atoms with van der Waals surface area (Å²) in [6.07, 6.45) is 4.77. The highest BCUT2D eigenvalue weighted by Crippen LogP contribution is 2.13. The van der Waals surface area contributed by atoms with Crippen LogP contribution in [0, 0.1) is 11.3 Å². The molecule has 0 amide bonds. The van der Waals surface area contributed by atoms with E-state index in [0.717, 1.165) is 0 Å². The van der Waals surface area contributed by atoms with Gasteiger partial charge in [0.1, 0.15) is 0 Å². The zero-order valence-electron chi connectivity index (χ0n) is 10.1. The van der Waals surface area contributed by atoms with E-state index in [2.05, 4.69) is 38.7 Å². The van der Waals surface area contributed by atoms with E-state index in [1.807, 2.05) is 0 Å². The zero-order valence-corrected chi connectivity index (χ0v) is 10.1. The van der Waals surface area contributed by atoms with Crippen LogP contribution in [0.25, 0.3) is 0 Å². The first-order chi connectivity index (χ1) is 6.67. The molecule has 0 rings (SSSR count). The summed E-state index contributed by atoms with van der Waals surface area (Å²) in [7, 11) is 0. The predicted octanol–water partition coefficient (Wildman–Crippen LogP) is 3.19. The van der Waals surface area contributed by atoms with E-state index in [-0.39, 0.29) is 0 Å². The smallest absolute Gasteiger partial charge is 0.0870 e. The highest BCUT2D eigenvalue weighted by atomic mass is 15.2. The first-order valence-corrected chi connectivity index (χ1v) is 5.80. The molecule has 0 aromatic rings. The van der Waals surface area contributed by atoms with E-state index in [1.54, 1.807) is 0 Å². The highest BCUT2D eigenvalue weighted by molar-refractivity contribution is 4.83. The van der Waals surface area contributed by atoms with Gasteiger partial charge in [-0.25, -0.2) is 0 Å². The van der Waals surface area contributed by atoms with Gasteiger partial charge in [-0.1, -0.05) is 26.7 Å². The summed E-state index contributed by atoms with van der Waals surface area (Å²) in [6.45, 7) is 9.43. The Hall–Kier alpha value is -0.550. The monoisotopic (exact) mass is 196 g/mol. The van der Waals surface area contributed by atoms with Gasteiger partial charge < -0.3 is 0 Å². The summed E-state index contributed by atoms with van der Waals surface area (Å²) in [6, 6.07) is 3.36. The van der Waals surface area contributed by atoms with Gasteiger partial charge in [0.25, 0.3) is 0 Å². The number of nitrogens with zero attached hydrogens (tertiary/aromatic N) is 2. The van der Waals surface area contributed by atoms with Crippen LogP contribution in [0.5, 0.6) is 0 Å². The molecule has 0 heterocycles. The third-order valence-corrected chi connectivity index (χ3v) is 2.80. The Kier molecular flexibility index (Phi) is 7.51. The van der Waals surface area contributed by atoms with Crippen molar-refractivity contribution in [1.29, 1.82) is 5.26 Å². The molecule has 0 fully saturated rings. The second-order valence-electron chi connectivity index (χ2n) is 4.11. The molecule has 0 bridgehead atoms. The fourth-order valence-electron chi connectivity index (χ4n) is 1.99. The maximum absolute atomic E-state index is 8.78. The maximum Gasteiger partial charge on any atom is 0.0870 e. The van der Waals surface area contributed by atoms with E-state index in [0.29, 0.717) is 18.6 Å². The normalized spacial score (nSPS) is 15.1. The molecule has 14 heavy (non-hydrogen) atoms. The van der Waals surface area contributed by atoms with Crippen molar-refractivity contribution in [1.82, 2.24) is 4.90 Å². The second kappa shape index (κ2) is 7.82. The van der Waals surface area contributed by atoms with Crippen LogP contribution >= 0.6 is 0 Å². The summed E-state index contributed by atoms with van der Waals surface area (Å²) in [4.78, 5) is 2.33. The van der Waals surface area contributed by atoms with Crippen LogP contribution in [0.15, 0.2) is 0 Å². The van der Waals surface area contributed by atoms with Gasteiger partial charge in [0.2, 0.25) is 0 Å². The summed E-state index contributed by atoms with van der Waals surface area (Å²) < 4.78 is 0. The SMILES string of the molecule is CCCC(C)N(CC#N)C(C)CCC. The summed E-state index contributed by atoms with van der Waals surface area (Å²) in [5.74, 6) is 0. The van der Waals surface area contributed by atoms with Crippen LogP contribution in [-0.2, 0) is 0 Å². The van der Waals surface area contributed by atoms with Gasteiger partial charge in [-0.3, -0.25) is 4.90 Å². The standard InChI is InChI=1S/C12H24N2/c1-5-7-11(3)14(10-9-13)12(4)8-6-2/h11-12H,5-8,10H2,1-4H3. The van der Waals surface area contributed by atoms with E-state index >= 15 is 0 Å². The summed E-state index contributed by atoms with van der Waals surface area (Å²) >= 11 is 0. The number of hydrogen-bond acceptors (Lipinski definition) is 2. The van der Waals surface area contributed by atoms with Crippen LogP contribution in [0.4, 0.5) is 0 Å². The van der Waals surface area contributed by atoms with Gasteiger partial charge in [-0.2, -0.15) is 5.26 Å². The van der Waals surface area contributed by atoms with E-state index < -0.39 is 0 Å². The van der Waals surface area contributed by atoms with Gasteiger partial charge in [-0.15, -0.1) is 0 Å². The van der Waals surface area contributed by atoms with Crippen molar-refractivity contribution in [2.45, 2.75) is 65.5 Å². The Morgan fingerprint density at radius 3 is 1.79 bits per heavy atom. The molecule has 82 valence electrons. The summed E-state index contributed by atoms with van der Waals surface area (Å²) in [5, 5.41) is 8.78. The van der Waals surface area contributed by atoms with Gasteiger partial charge in [-0.05, 0) is 26.7 Å². The molecular weight excluding hydrogens is 172 g/mol. The van der Waals surface area contributed by atoms with Crippen LogP contribution in [0.1, 0.15) is 53.4 Å². The molecule has 2 atom stereocenters. The molecule has 0 saturated carbocycles. The molecule has 2 heteroatoms. The molecule has 0 radical (unpaired) electrons. The molecule has 0 N–H and O–H groups in total. The largest absolute Gasteiger partial charge is 0.285 e. The molecule has 0 aliphatic rings.